The molecule has 2 aromatic carbocycles. The Kier molecular flexibility index (Phi) is 7.07. The fourth-order valence-electron chi connectivity index (χ4n) is 3.07. The molecule has 144 valence electrons. The van der Waals surface area contributed by atoms with Gasteiger partial charge in [0.2, 0.25) is 0 Å². The number of hydrogen-bond donors (Lipinski definition) is 1. The first-order valence-corrected chi connectivity index (χ1v) is 8.76. The first-order valence-electron chi connectivity index (χ1n) is 8.76. The van der Waals surface area contributed by atoms with Crippen LogP contribution in [0.25, 0.3) is 0 Å². The number of halogens is 1. The van der Waals surface area contributed by atoms with Gasteiger partial charge >= 0.3 is 0 Å². The third-order valence-electron chi connectivity index (χ3n) is 4.46. The van der Waals surface area contributed by atoms with Gasteiger partial charge in [0.1, 0.15) is 5.75 Å². The van der Waals surface area contributed by atoms with Crippen LogP contribution in [0.5, 0.6) is 5.75 Å². The second kappa shape index (κ2) is 9.28. The van der Waals surface area contributed by atoms with Crippen LogP contribution < -0.4 is 10.5 Å². The molecule has 0 aromatic heterocycles. The quantitative estimate of drug-likeness (QED) is 0.816. The normalized spacial score (nSPS) is 13.7. The Morgan fingerprint density at radius 1 is 0.889 bits per heavy atom. The Morgan fingerprint density at radius 3 is 1.93 bits per heavy atom. The highest BCUT2D eigenvalue weighted by atomic mass is 35.5. The zero-order valence-electron chi connectivity index (χ0n) is 15.3. The van der Waals surface area contributed by atoms with Gasteiger partial charge in [0.05, 0.1) is 17.7 Å². The molecular formula is C20H24ClN3O3. The number of piperazine rings is 1. The topological polar surface area (TPSA) is 75.9 Å². The molecule has 6 nitrogen and oxygen atoms in total. The fraction of sp³-hybridized carbons (Fsp3) is 0.300. The predicted octanol–water partition coefficient (Wildman–Crippen LogP) is 2.69. The highest BCUT2D eigenvalue weighted by Crippen LogP contribution is 2.21. The lowest BCUT2D eigenvalue weighted by atomic mass is 10.1. The minimum Gasteiger partial charge on any atom is -0.493 e. The maximum atomic E-state index is 12.8. The number of carbonyl (C=O) groups excluding carboxylic acids is 2. The molecule has 0 radical (unpaired) electrons. The average molecular weight is 390 g/mol. The van der Waals surface area contributed by atoms with Crippen LogP contribution in [0.4, 0.5) is 5.69 Å². The van der Waals surface area contributed by atoms with Gasteiger partial charge in [-0.2, -0.15) is 0 Å². The summed E-state index contributed by atoms with van der Waals surface area (Å²) in [5.74, 6) is 0.431. The highest BCUT2D eigenvalue weighted by Gasteiger charge is 2.27. The first-order chi connectivity index (χ1) is 12.6. The fourth-order valence-corrected chi connectivity index (χ4v) is 3.07. The summed E-state index contributed by atoms with van der Waals surface area (Å²) in [5.41, 5.74) is 7.44. The van der Waals surface area contributed by atoms with E-state index in [9.17, 15) is 9.59 Å². The lowest BCUT2D eigenvalue weighted by molar-refractivity contribution is 0.0533. The van der Waals surface area contributed by atoms with E-state index in [1.54, 1.807) is 46.2 Å². The average Bonchev–Trinajstić information content (AvgIpc) is 2.68. The van der Waals surface area contributed by atoms with Crippen molar-refractivity contribution < 1.29 is 14.3 Å². The molecule has 2 N–H and O–H groups in total. The molecule has 0 spiro atoms. The monoisotopic (exact) mass is 389 g/mol. The summed E-state index contributed by atoms with van der Waals surface area (Å²) in [6.07, 6.45) is 0. The molecule has 3 rings (SSSR count). The van der Waals surface area contributed by atoms with Gasteiger partial charge in [0.25, 0.3) is 11.8 Å². The van der Waals surface area contributed by atoms with Crippen molar-refractivity contribution in [3.05, 3.63) is 59.7 Å². The van der Waals surface area contributed by atoms with E-state index in [2.05, 4.69) is 0 Å². The van der Waals surface area contributed by atoms with E-state index in [0.29, 0.717) is 55.3 Å². The number of nitrogens with two attached hydrogens (primary N) is 1. The molecule has 1 aliphatic heterocycles. The highest BCUT2D eigenvalue weighted by molar-refractivity contribution is 6.00. The predicted molar refractivity (Wildman–Crippen MR) is 108 cm³/mol. The Morgan fingerprint density at radius 2 is 1.37 bits per heavy atom. The van der Waals surface area contributed by atoms with Gasteiger partial charge in [-0.15, -0.1) is 12.4 Å². The number of nitrogen functional groups attached to an aromatic ring is 1. The molecule has 1 fully saturated rings. The Balaban J connectivity index is 0.00000261. The van der Waals surface area contributed by atoms with Crippen LogP contribution in [0.2, 0.25) is 0 Å². The molecule has 1 heterocycles. The summed E-state index contributed by atoms with van der Waals surface area (Å²) in [5, 5.41) is 0. The van der Waals surface area contributed by atoms with Gasteiger partial charge in [0, 0.05) is 31.9 Å². The van der Waals surface area contributed by atoms with E-state index in [1.165, 1.54) is 0 Å². The van der Waals surface area contributed by atoms with E-state index >= 15 is 0 Å². The molecule has 0 bridgehead atoms. The van der Waals surface area contributed by atoms with Crippen molar-refractivity contribution in [1.29, 1.82) is 0 Å². The zero-order chi connectivity index (χ0) is 18.5. The maximum absolute atomic E-state index is 12.8. The molecule has 1 aliphatic rings. The lowest BCUT2D eigenvalue weighted by Crippen LogP contribution is -2.50. The van der Waals surface area contributed by atoms with E-state index in [-0.39, 0.29) is 24.2 Å². The van der Waals surface area contributed by atoms with Crippen LogP contribution in [0.1, 0.15) is 27.6 Å². The summed E-state index contributed by atoms with van der Waals surface area (Å²) in [7, 11) is 0. The summed E-state index contributed by atoms with van der Waals surface area (Å²) in [6, 6.07) is 14.3. The summed E-state index contributed by atoms with van der Waals surface area (Å²) >= 11 is 0. The van der Waals surface area contributed by atoms with Crippen molar-refractivity contribution in [2.75, 3.05) is 38.5 Å². The number of benzene rings is 2. The molecule has 0 aliphatic carbocycles. The zero-order valence-corrected chi connectivity index (χ0v) is 16.1. The largest absolute Gasteiger partial charge is 0.493 e. The molecule has 1 saturated heterocycles. The third kappa shape index (κ3) is 4.52. The number of amides is 2. The van der Waals surface area contributed by atoms with Crippen LogP contribution in [0, 0.1) is 0 Å². The number of para-hydroxylation sites is 2. The molecule has 0 unspecified atom stereocenters. The van der Waals surface area contributed by atoms with Crippen LogP contribution >= 0.6 is 12.4 Å². The maximum Gasteiger partial charge on any atom is 0.257 e. The van der Waals surface area contributed by atoms with E-state index in [1.807, 2.05) is 19.1 Å². The number of nitrogens with zero attached hydrogens (tertiary/aromatic N) is 2. The molecular weight excluding hydrogens is 366 g/mol. The minimum absolute atomic E-state index is 0. The Labute approximate surface area is 165 Å². The van der Waals surface area contributed by atoms with Crippen molar-refractivity contribution in [2.45, 2.75) is 6.92 Å². The molecule has 27 heavy (non-hydrogen) atoms. The molecule has 2 aromatic rings. The van der Waals surface area contributed by atoms with E-state index < -0.39 is 0 Å². The standard InChI is InChI=1S/C20H23N3O3.ClH/c1-2-26-18-10-6-4-8-16(18)20(25)23-13-11-22(12-14-23)19(24)15-7-3-5-9-17(15)21;/h3-10H,2,11-14,21H2,1H3;1H. The van der Waals surface area contributed by atoms with Gasteiger partial charge in [-0.05, 0) is 31.2 Å². The number of anilines is 1. The van der Waals surface area contributed by atoms with Gasteiger partial charge in [-0.3, -0.25) is 9.59 Å². The van der Waals surface area contributed by atoms with Crippen molar-refractivity contribution in [3.63, 3.8) is 0 Å². The summed E-state index contributed by atoms with van der Waals surface area (Å²) in [4.78, 5) is 28.9. The Bertz CT molecular complexity index is 805. The van der Waals surface area contributed by atoms with Crippen LogP contribution in [-0.4, -0.2) is 54.4 Å². The number of hydrogen-bond acceptors (Lipinski definition) is 4. The number of rotatable bonds is 4. The second-order valence-corrected chi connectivity index (χ2v) is 6.10. The minimum atomic E-state index is -0.0927. The van der Waals surface area contributed by atoms with Gasteiger partial charge in [-0.25, -0.2) is 0 Å². The lowest BCUT2D eigenvalue weighted by Gasteiger charge is -2.35. The van der Waals surface area contributed by atoms with Crippen molar-refractivity contribution in [3.8, 4) is 5.75 Å². The SMILES string of the molecule is CCOc1ccccc1C(=O)N1CCN(C(=O)c2ccccc2N)CC1.Cl. The van der Waals surface area contributed by atoms with Crippen molar-refractivity contribution >= 4 is 29.9 Å². The first kappa shape index (κ1) is 20.6. The second-order valence-electron chi connectivity index (χ2n) is 6.10. The van der Waals surface area contributed by atoms with Crippen LogP contribution in [-0.2, 0) is 0 Å². The van der Waals surface area contributed by atoms with Crippen molar-refractivity contribution in [2.24, 2.45) is 0 Å². The summed E-state index contributed by atoms with van der Waals surface area (Å²) in [6.45, 7) is 4.33. The van der Waals surface area contributed by atoms with Gasteiger partial charge in [-0.1, -0.05) is 24.3 Å². The third-order valence-corrected chi connectivity index (χ3v) is 4.46. The summed E-state index contributed by atoms with van der Waals surface area (Å²) < 4.78 is 5.55. The van der Waals surface area contributed by atoms with Gasteiger partial charge in [0.15, 0.2) is 0 Å². The number of ether oxygens (including phenoxy) is 1. The van der Waals surface area contributed by atoms with E-state index in [0.717, 1.165) is 0 Å². The van der Waals surface area contributed by atoms with Crippen LogP contribution in [0.3, 0.4) is 0 Å². The van der Waals surface area contributed by atoms with E-state index in [4.69, 9.17) is 10.5 Å². The molecule has 2 amide bonds. The van der Waals surface area contributed by atoms with Crippen molar-refractivity contribution in [1.82, 2.24) is 9.80 Å². The molecule has 7 heteroatoms. The smallest absolute Gasteiger partial charge is 0.257 e. The number of carbonyl (C=O) groups is 2. The Hall–Kier alpha value is -2.73. The molecule has 0 saturated carbocycles. The van der Waals surface area contributed by atoms with Crippen LogP contribution in [0.15, 0.2) is 48.5 Å². The van der Waals surface area contributed by atoms with Gasteiger partial charge < -0.3 is 20.3 Å². The molecule has 0 atom stereocenters.